The van der Waals surface area contributed by atoms with Crippen LogP contribution in [0.15, 0.2) is 72.8 Å². The molecule has 10 nitrogen and oxygen atoms in total. The van der Waals surface area contributed by atoms with Crippen LogP contribution >= 0.6 is 11.6 Å². The minimum absolute atomic E-state index is 0.0693. The van der Waals surface area contributed by atoms with Crippen LogP contribution in [0.4, 0.5) is 20.8 Å². The average Bonchev–Trinajstić information content (AvgIpc) is 3.40. The summed E-state index contributed by atoms with van der Waals surface area (Å²) in [6.45, 7) is 9.79. The van der Waals surface area contributed by atoms with E-state index >= 15 is 4.39 Å². The molecule has 5 aromatic rings. The Morgan fingerprint density at radius 2 is 1.45 bits per heavy atom. The van der Waals surface area contributed by atoms with E-state index in [1.54, 1.807) is 26.4 Å². The number of hydrogen-bond donors (Lipinski definition) is 0. The molecule has 0 aliphatic carbocycles. The van der Waals surface area contributed by atoms with Crippen molar-refractivity contribution >= 4 is 40.2 Å². The zero-order chi connectivity index (χ0) is 37.4. The van der Waals surface area contributed by atoms with Crippen LogP contribution in [0.25, 0.3) is 22.2 Å². The molecule has 4 heterocycles. The zero-order valence-corrected chi connectivity index (χ0v) is 31.7. The van der Waals surface area contributed by atoms with Crippen molar-refractivity contribution in [3.05, 3.63) is 101 Å². The van der Waals surface area contributed by atoms with Crippen LogP contribution in [0.5, 0.6) is 11.5 Å². The van der Waals surface area contributed by atoms with Gasteiger partial charge in [0.1, 0.15) is 28.7 Å². The molecule has 2 bridgehead atoms. The Kier molecular flexibility index (Phi) is 10.0. The number of halogens is 2. The highest BCUT2D eigenvalue weighted by Crippen LogP contribution is 2.39. The van der Waals surface area contributed by atoms with E-state index in [0.717, 1.165) is 46.8 Å². The Morgan fingerprint density at radius 1 is 0.868 bits per heavy atom. The molecule has 3 aromatic carbocycles. The summed E-state index contributed by atoms with van der Waals surface area (Å²) >= 11 is 7.07. The fraction of sp³-hybridized carbons (Fsp3) is 0.366. The first-order valence-electron chi connectivity index (χ1n) is 17.8. The predicted molar refractivity (Wildman–Crippen MR) is 205 cm³/mol. The van der Waals surface area contributed by atoms with Gasteiger partial charge in [-0.1, -0.05) is 35.9 Å². The molecule has 1 amide bonds. The van der Waals surface area contributed by atoms with Crippen molar-refractivity contribution in [2.75, 3.05) is 37.1 Å². The van der Waals surface area contributed by atoms with Crippen LogP contribution in [0.1, 0.15) is 50.3 Å². The number of piperazine rings is 1. The predicted octanol–water partition coefficient (Wildman–Crippen LogP) is 8.60. The third-order valence-corrected chi connectivity index (χ3v) is 10.1. The number of pyridine rings is 1. The topological polar surface area (TPSA) is 93.2 Å². The van der Waals surface area contributed by atoms with Crippen molar-refractivity contribution < 1.29 is 23.4 Å². The van der Waals surface area contributed by atoms with E-state index in [2.05, 4.69) is 20.9 Å². The van der Waals surface area contributed by atoms with Crippen LogP contribution in [0.3, 0.4) is 0 Å². The lowest BCUT2D eigenvalue weighted by atomic mass is 10.1. The summed E-state index contributed by atoms with van der Waals surface area (Å²) in [6.07, 6.45) is 0.538. The van der Waals surface area contributed by atoms with Crippen LogP contribution in [0.2, 0.25) is 5.02 Å². The highest BCUT2D eigenvalue weighted by atomic mass is 35.5. The first-order valence-corrected chi connectivity index (χ1v) is 18.2. The van der Waals surface area contributed by atoms with Gasteiger partial charge in [0.25, 0.3) is 0 Å². The lowest BCUT2D eigenvalue weighted by Gasteiger charge is -2.42. The minimum Gasteiger partial charge on any atom is -0.497 e. The van der Waals surface area contributed by atoms with Gasteiger partial charge in [0.2, 0.25) is 0 Å². The lowest BCUT2D eigenvalue weighted by Crippen LogP contribution is -2.57. The molecule has 12 heteroatoms. The SMILES string of the molecule is COc1ccc(CN(Cc2ccc(OC)cc2)c2cc(C)cc(-c3cc4nc(F)nc(N5CC6CCC(C5)N6C(=O)OC(C)(C)C)c4cc3Cl)n2)cc1. The fourth-order valence-corrected chi connectivity index (χ4v) is 7.56. The Morgan fingerprint density at radius 3 is 2.00 bits per heavy atom. The van der Waals surface area contributed by atoms with Crippen molar-refractivity contribution in [2.45, 2.75) is 71.3 Å². The van der Waals surface area contributed by atoms with Crippen molar-refractivity contribution in [1.82, 2.24) is 19.9 Å². The summed E-state index contributed by atoms with van der Waals surface area (Å²) in [4.78, 5) is 32.8. The third-order valence-electron chi connectivity index (χ3n) is 9.74. The highest BCUT2D eigenvalue weighted by molar-refractivity contribution is 6.34. The molecule has 0 radical (unpaired) electrons. The number of fused-ring (bicyclic) bond motifs is 3. The number of benzene rings is 3. The number of anilines is 2. The molecule has 0 saturated carbocycles. The number of carbonyl (C=O) groups excluding carboxylic acids is 1. The minimum atomic E-state index is -0.828. The van der Waals surface area contributed by atoms with Gasteiger partial charge in [-0.05, 0) is 106 Å². The van der Waals surface area contributed by atoms with Crippen molar-refractivity contribution in [3.8, 4) is 22.8 Å². The van der Waals surface area contributed by atoms with Crippen molar-refractivity contribution in [3.63, 3.8) is 0 Å². The van der Waals surface area contributed by atoms with Crippen LogP contribution in [-0.2, 0) is 17.8 Å². The van der Waals surface area contributed by atoms with Gasteiger partial charge in [-0.25, -0.2) is 14.8 Å². The summed E-state index contributed by atoms with van der Waals surface area (Å²) in [5, 5.41) is 1.09. The molecule has 2 atom stereocenters. The van der Waals surface area contributed by atoms with Crippen molar-refractivity contribution in [1.29, 1.82) is 0 Å². The first kappa shape index (κ1) is 36.2. The second kappa shape index (κ2) is 14.7. The van der Waals surface area contributed by atoms with Gasteiger partial charge in [-0.3, -0.25) is 4.90 Å². The molecular weight excluding hydrogens is 695 g/mol. The maximum Gasteiger partial charge on any atom is 0.410 e. The summed E-state index contributed by atoms with van der Waals surface area (Å²) in [5.74, 6) is 2.80. The summed E-state index contributed by atoms with van der Waals surface area (Å²) in [5.41, 5.74) is 4.28. The molecule has 7 rings (SSSR count). The van der Waals surface area contributed by atoms with Crippen molar-refractivity contribution in [2.24, 2.45) is 0 Å². The maximum absolute atomic E-state index is 15.2. The number of hydrogen-bond acceptors (Lipinski definition) is 9. The smallest absolute Gasteiger partial charge is 0.410 e. The summed E-state index contributed by atoms with van der Waals surface area (Å²) in [6, 6.07) is 23.5. The highest BCUT2D eigenvalue weighted by Gasteiger charge is 2.45. The molecular formula is C41H44ClFN6O4. The number of ether oxygens (including phenoxy) is 3. The quantitative estimate of drug-likeness (QED) is 0.138. The molecule has 0 N–H and O–H groups in total. The summed E-state index contributed by atoms with van der Waals surface area (Å²) < 4.78 is 31.7. The van der Waals surface area contributed by atoms with Gasteiger partial charge < -0.3 is 24.0 Å². The number of methoxy groups -OCH3 is 2. The first-order chi connectivity index (χ1) is 25.4. The Bertz CT molecular complexity index is 2060. The second-order valence-electron chi connectivity index (χ2n) is 14.8. The largest absolute Gasteiger partial charge is 0.497 e. The standard InChI is InChI=1S/C41H44ClFN6O4/c1-25-17-35(44-37(18-25)47(21-26-7-13-30(51-5)14-8-26)22-27-9-15-31(52-6)16-10-27)32-20-36-33(19-34(32)42)38(46-39(43)45-36)48-23-28-11-12-29(24-48)49(28)40(50)53-41(2,3)4/h7-10,13-20,28-29H,11-12,21-24H2,1-6H3. The van der Waals surface area contributed by atoms with Gasteiger partial charge in [-0.15, -0.1) is 0 Å². The zero-order valence-electron chi connectivity index (χ0n) is 30.9. The number of rotatable bonds is 9. The van der Waals surface area contributed by atoms with E-state index < -0.39 is 11.7 Å². The van der Waals surface area contributed by atoms with E-state index in [1.165, 1.54) is 0 Å². The van der Waals surface area contributed by atoms with E-state index in [0.29, 0.717) is 59.2 Å². The third kappa shape index (κ3) is 7.95. The lowest BCUT2D eigenvalue weighted by molar-refractivity contribution is 0.0122. The molecule has 2 unspecified atom stereocenters. The molecule has 2 aliphatic heterocycles. The summed E-state index contributed by atoms with van der Waals surface area (Å²) in [7, 11) is 3.31. The van der Waals surface area contributed by atoms with Crippen LogP contribution in [-0.4, -0.2) is 70.9 Å². The van der Waals surface area contributed by atoms with E-state index in [9.17, 15) is 4.79 Å². The number of amides is 1. The molecule has 2 fully saturated rings. The van der Waals surface area contributed by atoms with Gasteiger partial charge in [-0.2, -0.15) is 9.37 Å². The average molecular weight is 739 g/mol. The maximum atomic E-state index is 15.2. The fourth-order valence-electron chi connectivity index (χ4n) is 7.30. The number of aryl methyl sites for hydroxylation is 1. The van der Waals surface area contributed by atoms with E-state index in [-0.39, 0.29) is 18.2 Å². The molecule has 53 heavy (non-hydrogen) atoms. The van der Waals surface area contributed by atoms with Gasteiger partial charge in [0, 0.05) is 37.1 Å². The normalized spacial score (nSPS) is 16.9. The molecule has 2 saturated heterocycles. The molecule has 276 valence electrons. The van der Waals surface area contributed by atoms with Crippen LogP contribution in [0, 0.1) is 13.0 Å². The monoisotopic (exact) mass is 738 g/mol. The number of carbonyl (C=O) groups is 1. The van der Waals surface area contributed by atoms with E-state index in [1.807, 2.05) is 92.1 Å². The van der Waals surface area contributed by atoms with Gasteiger partial charge >= 0.3 is 12.2 Å². The van der Waals surface area contributed by atoms with Crippen LogP contribution < -0.4 is 19.3 Å². The van der Waals surface area contributed by atoms with E-state index in [4.69, 9.17) is 30.8 Å². The molecule has 0 spiro atoms. The van der Waals surface area contributed by atoms with Gasteiger partial charge in [0.05, 0.1) is 42.5 Å². The van der Waals surface area contributed by atoms with Gasteiger partial charge in [0.15, 0.2) is 0 Å². The number of aromatic nitrogens is 3. The Labute approximate surface area is 314 Å². The molecule has 2 aliphatic rings. The molecule has 2 aromatic heterocycles. The second-order valence-corrected chi connectivity index (χ2v) is 15.2. The Balaban J connectivity index is 1.21. The Hall–Kier alpha value is -5.16. The number of nitrogens with zero attached hydrogens (tertiary/aromatic N) is 6.